The Morgan fingerprint density at radius 3 is 2.61 bits per heavy atom. The first-order valence-electron chi connectivity index (χ1n) is 13.0. The lowest BCUT2D eigenvalue weighted by atomic mass is 9.82. The van der Waals surface area contributed by atoms with E-state index in [0.29, 0.717) is 6.61 Å². The summed E-state index contributed by atoms with van der Waals surface area (Å²) < 4.78 is 35.9. The lowest BCUT2D eigenvalue weighted by molar-refractivity contribution is 0.201. The van der Waals surface area contributed by atoms with E-state index in [1.165, 1.54) is 50.2 Å². The van der Waals surface area contributed by atoms with Crippen LogP contribution in [-0.4, -0.2) is 37.2 Å². The Morgan fingerprint density at radius 2 is 1.86 bits per heavy atom. The summed E-state index contributed by atoms with van der Waals surface area (Å²) in [6.07, 6.45) is 10.5. The van der Waals surface area contributed by atoms with Crippen LogP contribution < -0.4 is 14.8 Å². The van der Waals surface area contributed by atoms with Gasteiger partial charge in [0.15, 0.2) is 5.03 Å². The van der Waals surface area contributed by atoms with Gasteiger partial charge in [0.25, 0.3) is 10.0 Å². The van der Waals surface area contributed by atoms with Crippen LogP contribution in [0.1, 0.15) is 54.7 Å². The molecule has 2 N–H and O–H groups in total. The summed E-state index contributed by atoms with van der Waals surface area (Å²) in [5.41, 5.74) is 3.34. The summed E-state index contributed by atoms with van der Waals surface area (Å²) in [7, 11) is -1.93. The van der Waals surface area contributed by atoms with Crippen molar-refractivity contribution in [3.63, 3.8) is 0 Å². The number of hydrogen-bond acceptors (Lipinski definition) is 5. The van der Waals surface area contributed by atoms with Crippen LogP contribution in [0.3, 0.4) is 0 Å². The molecular weight excluding hydrogens is 472 g/mol. The molecule has 0 radical (unpaired) electrons. The number of ether oxygens (including phenoxy) is 1. The Morgan fingerprint density at radius 1 is 1.06 bits per heavy atom. The molecule has 1 fully saturated rings. The minimum absolute atomic E-state index is 0.0280. The number of nitrogens with zero attached hydrogens (tertiary/aromatic N) is 2. The van der Waals surface area contributed by atoms with Crippen molar-refractivity contribution >= 4 is 10.0 Å². The molecule has 1 aromatic heterocycles. The molecule has 0 amide bonds. The minimum Gasteiger partial charge on any atom is -0.492 e. The van der Waals surface area contributed by atoms with Crippen LogP contribution in [-0.2, 0) is 30.0 Å². The molecule has 5 rings (SSSR count). The van der Waals surface area contributed by atoms with Crippen molar-refractivity contribution in [3.05, 3.63) is 77.7 Å². The topological polar surface area (TPSA) is 85.2 Å². The van der Waals surface area contributed by atoms with Crippen LogP contribution in [0.2, 0.25) is 0 Å². The van der Waals surface area contributed by atoms with Crippen LogP contribution in [0, 0.1) is 5.92 Å². The van der Waals surface area contributed by atoms with Crippen LogP contribution in [0.5, 0.6) is 5.75 Å². The van der Waals surface area contributed by atoms with Crippen molar-refractivity contribution in [1.82, 2.24) is 19.6 Å². The molecule has 7 nitrogen and oxygen atoms in total. The van der Waals surface area contributed by atoms with E-state index in [-0.39, 0.29) is 23.5 Å². The van der Waals surface area contributed by atoms with Gasteiger partial charge in [-0.15, -0.1) is 0 Å². The third-order valence-corrected chi connectivity index (χ3v) is 8.78. The first-order chi connectivity index (χ1) is 17.5. The molecule has 1 aliphatic carbocycles. The predicted octanol–water partition coefficient (Wildman–Crippen LogP) is 4.16. The molecule has 0 unspecified atom stereocenters. The predicted molar refractivity (Wildman–Crippen MR) is 140 cm³/mol. The van der Waals surface area contributed by atoms with Gasteiger partial charge in [-0.2, -0.15) is 0 Å². The summed E-state index contributed by atoms with van der Waals surface area (Å²) in [5.74, 6) is 1.87. The summed E-state index contributed by atoms with van der Waals surface area (Å²) in [4.78, 5) is 3.98. The van der Waals surface area contributed by atoms with Gasteiger partial charge in [-0.1, -0.05) is 61.7 Å². The monoisotopic (exact) mass is 508 g/mol. The number of sulfonamides is 1. The zero-order chi connectivity index (χ0) is 25.0. The highest BCUT2D eigenvalue weighted by molar-refractivity contribution is 7.89. The number of aromatic nitrogens is 2. The zero-order valence-corrected chi connectivity index (χ0v) is 21.7. The van der Waals surface area contributed by atoms with Gasteiger partial charge in [0.05, 0.1) is 6.33 Å². The van der Waals surface area contributed by atoms with Gasteiger partial charge < -0.3 is 14.6 Å². The lowest BCUT2D eigenvalue weighted by Crippen LogP contribution is -2.45. The van der Waals surface area contributed by atoms with Crippen LogP contribution in [0.4, 0.5) is 0 Å². The molecule has 0 spiro atoms. The van der Waals surface area contributed by atoms with Gasteiger partial charge in [0.1, 0.15) is 12.4 Å². The van der Waals surface area contributed by atoms with Gasteiger partial charge in [-0.25, -0.2) is 18.1 Å². The SMILES string of the molecule is Cn1cnc(S(=O)(=O)NCc2ccc3c(c2)[C@H](Cc2ccccc2)[C@@H](NCC2CCCCC2)CO3)c1. The van der Waals surface area contributed by atoms with E-state index in [1.807, 2.05) is 18.2 Å². The van der Waals surface area contributed by atoms with Crippen LogP contribution in [0.25, 0.3) is 0 Å². The molecule has 1 aliphatic heterocycles. The quantitative estimate of drug-likeness (QED) is 0.454. The molecule has 2 atom stereocenters. The van der Waals surface area contributed by atoms with Crippen molar-refractivity contribution < 1.29 is 13.2 Å². The van der Waals surface area contributed by atoms with Gasteiger partial charge in [0.2, 0.25) is 0 Å². The van der Waals surface area contributed by atoms with Gasteiger partial charge >= 0.3 is 0 Å². The van der Waals surface area contributed by atoms with Gasteiger partial charge in [-0.3, -0.25) is 0 Å². The van der Waals surface area contributed by atoms with Gasteiger partial charge in [-0.05, 0) is 54.5 Å². The second kappa shape index (κ2) is 11.2. The molecule has 2 heterocycles. The largest absolute Gasteiger partial charge is 0.492 e. The van der Waals surface area contributed by atoms with E-state index in [1.54, 1.807) is 11.6 Å². The minimum atomic E-state index is -3.68. The van der Waals surface area contributed by atoms with Gasteiger partial charge in [0, 0.05) is 31.7 Å². The fourth-order valence-electron chi connectivity index (χ4n) is 5.45. The van der Waals surface area contributed by atoms with Crippen LogP contribution >= 0.6 is 0 Å². The molecule has 192 valence electrons. The van der Waals surface area contributed by atoms with Crippen molar-refractivity contribution in [3.8, 4) is 5.75 Å². The van der Waals surface area contributed by atoms with E-state index in [4.69, 9.17) is 4.74 Å². The zero-order valence-electron chi connectivity index (χ0n) is 20.9. The fraction of sp³-hybridized carbons (Fsp3) is 0.464. The van der Waals surface area contributed by atoms with Crippen molar-refractivity contribution in [2.75, 3.05) is 13.2 Å². The number of imidazole rings is 1. The molecule has 1 saturated carbocycles. The first kappa shape index (κ1) is 25.0. The van der Waals surface area contributed by atoms with E-state index >= 15 is 0 Å². The van der Waals surface area contributed by atoms with E-state index in [0.717, 1.165) is 35.8 Å². The summed E-state index contributed by atoms with van der Waals surface area (Å²) in [6, 6.07) is 16.8. The highest BCUT2D eigenvalue weighted by atomic mass is 32.2. The Hall–Kier alpha value is -2.68. The highest BCUT2D eigenvalue weighted by Gasteiger charge is 2.32. The average molecular weight is 509 g/mol. The number of aryl methyl sites for hydroxylation is 1. The second-order valence-corrected chi connectivity index (χ2v) is 11.9. The molecular formula is C28H36N4O3S. The smallest absolute Gasteiger partial charge is 0.259 e. The molecule has 0 bridgehead atoms. The maximum absolute atomic E-state index is 12.7. The highest BCUT2D eigenvalue weighted by Crippen LogP contribution is 2.37. The summed E-state index contributed by atoms with van der Waals surface area (Å²) in [6.45, 7) is 1.87. The molecule has 8 heteroatoms. The Kier molecular flexibility index (Phi) is 7.74. The van der Waals surface area contributed by atoms with Crippen molar-refractivity contribution in [2.24, 2.45) is 13.0 Å². The van der Waals surface area contributed by atoms with E-state index in [2.05, 4.69) is 45.4 Å². The fourth-order valence-corrected chi connectivity index (χ4v) is 6.45. The maximum Gasteiger partial charge on any atom is 0.259 e. The third kappa shape index (κ3) is 5.99. The molecule has 2 aromatic carbocycles. The third-order valence-electron chi connectivity index (χ3n) is 7.49. The number of benzene rings is 2. The maximum atomic E-state index is 12.7. The molecule has 3 aromatic rings. The summed E-state index contributed by atoms with van der Waals surface area (Å²) >= 11 is 0. The number of hydrogen-bond donors (Lipinski definition) is 2. The molecule has 2 aliphatic rings. The standard InChI is InChI=1S/C28H36N4O3S/c1-32-18-28(30-20-32)36(33,34)31-17-23-12-13-27-25(15-23)24(14-21-8-4-2-5-9-21)26(19-35-27)29-16-22-10-6-3-7-11-22/h2,4-5,8-9,12-13,15,18,20,22,24,26,29,31H,3,6-7,10-11,14,16-17,19H2,1H3/t24-,26-/m0/s1. The lowest BCUT2D eigenvalue weighted by Gasteiger charge is -2.36. The molecule has 36 heavy (non-hydrogen) atoms. The normalized spacial score (nSPS) is 20.6. The Bertz CT molecular complexity index is 1250. The number of nitrogens with one attached hydrogen (secondary N) is 2. The first-order valence-corrected chi connectivity index (χ1v) is 14.5. The van der Waals surface area contributed by atoms with E-state index in [9.17, 15) is 8.42 Å². The number of fused-ring (bicyclic) bond motifs is 1. The number of rotatable bonds is 9. The average Bonchev–Trinajstić information content (AvgIpc) is 3.35. The van der Waals surface area contributed by atoms with Crippen LogP contribution in [0.15, 0.2) is 66.1 Å². The van der Waals surface area contributed by atoms with E-state index < -0.39 is 10.0 Å². The summed E-state index contributed by atoms with van der Waals surface area (Å²) in [5, 5.41) is 3.88. The Labute approximate surface area is 214 Å². The molecule has 0 saturated heterocycles. The van der Waals surface area contributed by atoms with Crippen molar-refractivity contribution in [2.45, 2.75) is 62.1 Å². The Balaban J connectivity index is 1.35. The second-order valence-electron chi connectivity index (χ2n) is 10.2. The van der Waals surface area contributed by atoms with Crippen molar-refractivity contribution in [1.29, 1.82) is 0 Å².